The second-order valence-corrected chi connectivity index (χ2v) is 6.93. The Labute approximate surface area is 157 Å². The Balaban J connectivity index is 2.06. The molecule has 1 fully saturated rings. The summed E-state index contributed by atoms with van der Waals surface area (Å²) < 4.78 is 5.26. The third-order valence-corrected chi connectivity index (χ3v) is 4.98. The second-order valence-electron chi connectivity index (χ2n) is 6.46. The van der Waals surface area contributed by atoms with Gasteiger partial charge in [0.2, 0.25) is 0 Å². The molecule has 2 aromatic rings. The van der Waals surface area contributed by atoms with E-state index < -0.39 is 11.0 Å². The van der Waals surface area contributed by atoms with Gasteiger partial charge in [-0.3, -0.25) is 9.69 Å². The molecule has 1 heterocycles. The van der Waals surface area contributed by atoms with Crippen molar-refractivity contribution in [2.45, 2.75) is 24.9 Å². The Bertz CT molecular complexity index is 890. The fourth-order valence-electron chi connectivity index (χ4n) is 3.15. The number of thiol groups is 1. The minimum Gasteiger partial charge on any atom is -0.508 e. The Kier molecular flexibility index (Phi) is 4.46. The van der Waals surface area contributed by atoms with Gasteiger partial charge in [-0.2, -0.15) is 5.26 Å². The summed E-state index contributed by atoms with van der Waals surface area (Å²) in [6.45, 7) is 3.65. The number of carbonyl (C=O) groups is 1. The van der Waals surface area contributed by atoms with Gasteiger partial charge in [0.05, 0.1) is 18.4 Å². The second kappa shape index (κ2) is 6.46. The van der Waals surface area contributed by atoms with Crippen LogP contribution in [0.2, 0.25) is 0 Å². The summed E-state index contributed by atoms with van der Waals surface area (Å²) in [4.78, 5) is 16.6. The molecule has 1 amide bonds. The molecular weight excluding hydrogens is 350 g/mol. The van der Waals surface area contributed by atoms with Crippen LogP contribution in [0.15, 0.2) is 42.5 Å². The predicted octanol–water partition coefficient (Wildman–Crippen LogP) is 3.12. The highest BCUT2D eigenvalue weighted by atomic mass is 32.1. The normalized spacial score (nSPS) is 18.7. The van der Waals surface area contributed by atoms with Crippen LogP contribution in [0.25, 0.3) is 0 Å². The Morgan fingerprint density at radius 1 is 1.19 bits per heavy atom. The number of amides is 1. The zero-order valence-corrected chi connectivity index (χ0v) is 15.6. The first-order valence-corrected chi connectivity index (χ1v) is 8.51. The van der Waals surface area contributed by atoms with Crippen LogP contribution < -0.4 is 14.5 Å². The zero-order valence-electron chi connectivity index (χ0n) is 14.7. The number of phenols is 1. The molecule has 6 nitrogen and oxygen atoms in total. The fraction of sp³-hybridized carbons (Fsp3) is 0.263. The highest BCUT2D eigenvalue weighted by Gasteiger charge is 2.51. The number of ether oxygens (including phenoxy) is 1. The van der Waals surface area contributed by atoms with Crippen LogP contribution >= 0.6 is 12.6 Å². The van der Waals surface area contributed by atoms with Gasteiger partial charge >= 0.3 is 0 Å². The molecule has 1 aliphatic rings. The molecule has 134 valence electrons. The Morgan fingerprint density at radius 3 is 2.38 bits per heavy atom. The number of hydrogen-bond acceptors (Lipinski definition) is 6. The van der Waals surface area contributed by atoms with E-state index in [9.17, 15) is 9.90 Å². The molecule has 1 unspecified atom stereocenters. The molecule has 0 saturated carbocycles. The van der Waals surface area contributed by atoms with Crippen molar-refractivity contribution in [3.05, 3.63) is 48.0 Å². The minimum absolute atomic E-state index is 0.127. The van der Waals surface area contributed by atoms with Crippen molar-refractivity contribution < 1.29 is 14.6 Å². The van der Waals surface area contributed by atoms with E-state index in [-0.39, 0.29) is 11.7 Å². The Morgan fingerprint density at radius 2 is 1.81 bits per heavy atom. The molecule has 0 bridgehead atoms. The molecule has 1 saturated heterocycles. The standard InChI is InChI=1S/C19H19N3O3S/c1-19(2)17(24)21(14-5-4-12(11-20)16(10-14)25-3)18(26)22(19)13-6-8-15(23)9-7-13/h4-10,18,23,26H,1-3H3. The number of rotatable bonds is 3. The molecule has 1 N–H and O–H groups in total. The number of phenolic OH excluding ortho intramolecular Hbond substituents is 1. The van der Waals surface area contributed by atoms with Crippen LogP contribution in [0.1, 0.15) is 19.4 Å². The maximum atomic E-state index is 13.1. The van der Waals surface area contributed by atoms with Gasteiger partial charge in [0.1, 0.15) is 23.1 Å². The molecule has 0 spiro atoms. The fourth-order valence-corrected chi connectivity index (χ4v) is 3.81. The van der Waals surface area contributed by atoms with Crippen molar-refractivity contribution in [2.75, 3.05) is 16.9 Å². The van der Waals surface area contributed by atoms with Gasteiger partial charge in [0, 0.05) is 11.8 Å². The molecule has 2 aromatic carbocycles. The summed E-state index contributed by atoms with van der Waals surface area (Å²) in [7, 11) is 1.48. The highest BCUT2D eigenvalue weighted by Crippen LogP contribution is 2.41. The van der Waals surface area contributed by atoms with Gasteiger partial charge < -0.3 is 14.7 Å². The lowest BCUT2D eigenvalue weighted by atomic mass is 10.0. The van der Waals surface area contributed by atoms with E-state index in [0.29, 0.717) is 17.0 Å². The molecule has 7 heteroatoms. The van der Waals surface area contributed by atoms with Gasteiger partial charge in [0.25, 0.3) is 5.91 Å². The molecular formula is C19H19N3O3S. The maximum Gasteiger partial charge on any atom is 0.254 e. The quantitative estimate of drug-likeness (QED) is 0.813. The first-order chi connectivity index (χ1) is 12.3. The summed E-state index contributed by atoms with van der Waals surface area (Å²) in [5, 5.41) is 18.7. The van der Waals surface area contributed by atoms with Crippen LogP contribution in [0.3, 0.4) is 0 Å². The van der Waals surface area contributed by atoms with Gasteiger partial charge in [-0.15, -0.1) is 12.6 Å². The zero-order chi connectivity index (χ0) is 19.1. The topological polar surface area (TPSA) is 76.8 Å². The maximum absolute atomic E-state index is 13.1. The van der Waals surface area contributed by atoms with E-state index in [2.05, 4.69) is 18.7 Å². The van der Waals surface area contributed by atoms with Gasteiger partial charge in [0.15, 0.2) is 5.50 Å². The van der Waals surface area contributed by atoms with E-state index in [1.807, 2.05) is 18.7 Å². The van der Waals surface area contributed by atoms with Gasteiger partial charge in [-0.05, 0) is 50.2 Å². The monoisotopic (exact) mass is 369 g/mol. The number of carbonyl (C=O) groups excluding carboxylic acids is 1. The van der Waals surface area contributed by atoms with E-state index in [0.717, 1.165) is 5.69 Å². The average Bonchev–Trinajstić information content (AvgIpc) is 2.80. The number of aromatic hydroxyl groups is 1. The summed E-state index contributed by atoms with van der Waals surface area (Å²) in [5.41, 5.74) is 0.363. The molecule has 26 heavy (non-hydrogen) atoms. The van der Waals surface area contributed by atoms with E-state index in [4.69, 9.17) is 10.00 Å². The molecule has 0 radical (unpaired) electrons. The lowest BCUT2D eigenvalue weighted by Crippen LogP contribution is -2.44. The van der Waals surface area contributed by atoms with Crippen LogP contribution in [-0.4, -0.2) is 29.2 Å². The highest BCUT2D eigenvalue weighted by molar-refractivity contribution is 7.81. The Hall–Kier alpha value is -2.85. The number of hydrogen-bond donors (Lipinski definition) is 2. The average molecular weight is 369 g/mol. The predicted molar refractivity (Wildman–Crippen MR) is 103 cm³/mol. The van der Waals surface area contributed by atoms with Crippen LogP contribution in [0.5, 0.6) is 11.5 Å². The number of nitriles is 1. The van der Waals surface area contributed by atoms with Crippen LogP contribution in [0.4, 0.5) is 11.4 Å². The summed E-state index contributed by atoms with van der Waals surface area (Å²) in [5.74, 6) is 0.429. The van der Waals surface area contributed by atoms with Crippen molar-refractivity contribution in [1.29, 1.82) is 5.26 Å². The molecule has 1 atom stereocenters. The van der Waals surface area contributed by atoms with Gasteiger partial charge in [-0.1, -0.05) is 0 Å². The minimum atomic E-state index is -0.843. The number of methoxy groups -OCH3 is 1. The first-order valence-electron chi connectivity index (χ1n) is 7.99. The van der Waals surface area contributed by atoms with E-state index in [1.165, 1.54) is 7.11 Å². The van der Waals surface area contributed by atoms with Crippen molar-refractivity contribution >= 4 is 29.9 Å². The third-order valence-electron chi connectivity index (χ3n) is 4.52. The molecule has 0 aromatic heterocycles. The molecule has 0 aliphatic carbocycles. The molecule has 1 aliphatic heterocycles. The van der Waals surface area contributed by atoms with E-state index in [1.54, 1.807) is 47.4 Å². The van der Waals surface area contributed by atoms with Crippen molar-refractivity contribution in [3.63, 3.8) is 0 Å². The number of nitrogens with zero attached hydrogens (tertiary/aromatic N) is 3. The summed E-state index contributed by atoms with van der Waals surface area (Å²) in [6, 6.07) is 13.7. The lowest BCUT2D eigenvalue weighted by molar-refractivity contribution is -0.120. The molecule has 3 rings (SSSR count). The van der Waals surface area contributed by atoms with Crippen molar-refractivity contribution in [2.24, 2.45) is 0 Å². The summed E-state index contributed by atoms with van der Waals surface area (Å²) >= 11 is 4.68. The van der Waals surface area contributed by atoms with Crippen LogP contribution in [0, 0.1) is 11.3 Å². The van der Waals surface area contributed by atoms with Crippen molar-refractivity contribution in [1.82, 2.24) is 0 Å². The number of benzene rings is 2. The third kappa shape index (κ3) is 2.72. The lowest BCUT2D eigenvalue weighted by Gasteiger charge is -2.33. The first kappa shape index (κ1) is 18.0. The van der Waals surface area contributed by atoms with Gasteiger partial charge in [-0.25, -0.2) is 0 Å². The van der Waals surface area contributed by atoms with Crippen molar-refractivity contribution in [3.8, 4) is 17.6 Å². The summed E-state index contributed by atoms with van der Waals surface area (Å²) in [6.07, 6.45) is 0. The van der Waals surface area contributed by atoms with Crippen LogP contribution in [-0.2, 0) is 4.79 Å². The van der Waals surface area contributed by atoms with E-state index >= 15 is 0 Å². The number of anilines is 2. The smallest absolute Gasteiger partial charge is 0.254 e. The SMILES string of the molecule is COc1cc(N2C(=O)C(C)(C)N(c3ccc(O)cc3)C2S)ccc1C#N. The largest absolute Gasteiger partial charge is 0.508 e.